The zero-order valence-corrected chi connectivity index (χ0v) is 11.2. The predicted octanol–water partition coefficient (Wildman–Crippen LogP) is -5.30. The van der Waals surface area contributed by atoms with Crippen molar-refractivity contribution in [1.82, 2.24) is 0 Å². The van der Waals surface area contributed by atoms with Gasteiger partial charge in [0.05, 0.1) is 0 Å². The van der Waals surface area contributed by atoms with Gasteiger partial charge in [0.15, 0.2) is 0 Å². The molecule has 0 saturated heterocycles. The second-order valence-electron chi connectivity index (χ2n) is 3.04. The Hall–Kier alpha value is -1.43. The molecule has 0 amide bonds. The quantitative estimate of drug-likeness (QED) is 0.341. The molecule has 0 heterocycles. The van der Waals surface area contributed by atoms with Crippen molar-refractivity contribution in [2.75, 3.05) is 0 Å². The molecule has 10 nitrogen and oxygen atoms in total. The van der Waals surface area contributed by atoms with Crippen molar-refractivity contribution < 1.29 is 39.6 Å². The van der Waals surface area contributed by atoms with E-state index in [-0.39, 0.29) is 23.1 Å². The van der Waals surface area contributed by atoms with E-state index in [1.807, 2.05) is 0 Å². The molecule has 0 spiro atoms. The van der Waals surface area contributed by atoms with Gasteiger partial charge in [-0.15, -0.1) is 0 Å². The number of carboxylic acids is 4. The molecule has 0 aliphatic heterocycles. The van der Waals surface area contributed by atoms with Crippen molar-refractivity contribution >= 4 is 46.9 Å². The molecule has 0 aromatic heterocycles. The Balaban J connectivity index is -0.000000256. The summed E-state index contributed by atoms with van der Waals surface area (Å²) in [5.74, 6) is -5.58. The fourth-order valence-electron chi connectivity index (χ4n) is 0.534. The van der Waals surface area contributed by atoms with Crippen molar-refractivity contribution in [3.05, 3.63) is 0 Å². The molecule has 0 bridgehead atoms. The zero-order chi connectivity index (χ0) is 14.9. The van der Waals surface area contributed by atoms with Gasteiger partial charge in [-0.05, 0) is 0 Å². The molecule has 0 aliphatic carbocycles. The van der Waals surface area contributed by atoms with E-state index < -0.39 is 48.8 Å². The minimum atomic E-state index is -1.45. The molecule has 0 saturated carbocycles. The van der Waals surface area contributed by atoms with Crippen molar-refractivity contribution in [2.45, 2.75) is 24.9 Å². The van der Waals surface area contributed by atoms with Crippen LogP contribution in [0.25, 0.3) is 0 Å². The van der Waals surface area contributed by atoms with Crippen LogP contribution in [0.5, 0.6) is 0 Å². The van der Waals surface area contributed by atoms with Crippen molar-refractivity contribution in [3.63, 3.8) is 0 Å². The summed E-state index contributed by atoms with van der Waals surface area (Å²) in [4.78, 5) is 39.0. The summed E-state index contributed by atoms with van der Waals surface area (Å²) in [5.41, 5.74) is 9.59. The number of hydrogen-bond acceptors (Lipinski definition) is 8. The van der Waals surface area contributed by atoms with Crippen LogP contribution in [-0.2, 0) is 19.2 Å². The molecule has 0 fully saturated rings. The molecule has 0 rings (SSSR count). The maximum atomic E-state index is 9.82. The van der Waals surface area contributed by atoms with Gasteiger partial charge in [-0.3, -0.25) is 9.59 Å². The van der Waals surface area contributed by atoms with Crippen LogP contribution < -0.4 is 21.7 Å². The SMILES string of the molecule is NC(CC(=O)[O-])C(=O)O.N[C@@H](CC(=O)[O-])C(=O)O.[Mg+2]. The molecule has 19 heavy (non-hydrogen) atoms. The summed E-state index contributed by atoms with van der Waals surface area (Å²) in [5, 5.41) is 35.3. The average molecular weight is 288 g/mol. The smallest absolute Gasteiger partial charge is 0.550 e. The third-order valence-corrected chi connectivity index (χ3v) is 1.41. The van der Waals surface area contributed by atoms with Crippen LogP contribution in [-0.4, -0.2) is 69.2 Å². The Morgan fingerprint density at radius 1 is 0.842 bits per heavy atom. The first-order chi connectivity index (χ1) is 8.07. The van der Waals surface area contributed by atoms with Crippen molar-refractivity contribution in [3.8, 4) is 0 Å². The van der Waals surface area contributed by atoms with Crippen LogP contribution in [0.15, 0.2) is 0 Å². The molecular weight excluding hydrogens is 276 g/mol. The van der Waals surface area contributed by atoms with Gasteiger partial charge in [0, 0.05) is 24.8 Å². The molecule has 0 radical (unpaired) electrons. The number of carbonyl (C=O) groups excluding carboxylic acids is 2. The Morgan fingerprint density at radius 2 is 1.05 bits per heavy atom. The molecular formula is C8H12MgN2O8. The van der Waals surface area contributed by atoms with Gasteiger partial charge in [-0.25, -0.2) is 0 Å². The predicted molar refractivity (Wildman–Crippen MR) is 56.2 cm³/mol. The molecule has 1 unspecified atom stereocenters. The van der Waals surface area contributed by atoms with E-state index in [1.165, 1.54) is 0 Å². The van der Waals surface area contributed by atoms with Gasteiger partial charge in [0.1, 0.15) is 12.1 Å². The summed E-state index contributed by atoms with van der Waals surface area (Å²) in [6, 6.07) is -2.70. The van der Waals surface area contributed by atoms with Gasteiger partial charge in [-0.2, -0.15) is 0 Å². The van der Waals surface area contributed by atoms with Crippen molar-refractivity contribution in [1.29, 1.82) is 0 Å². The summed E-state index contributed by atoms with van der Waals surface area (Å²) >= 11 is 0. The van der Waals surface area contributed by atoms with Crippen LogP contribution in [0.4, 0.5) is 0 Å². The van der Waals surface area contributed by atoms with Gasteiger partial charge in [0.2, 0.25) is 0 Å². The molecule has 11 heteroatoms. The largest absolute Gasteiger partial charge is 2.00 e. The maximum Gasteiger partial charge on any atom is 2.00 e. The number of carboxylic acid groups (broad SMARTS) is 4. The summed E-state index contributed by atoms with van der Waals surface area (Å²) in [7, 11) is 0. The summed E-state index contributed by atoms with van der Waals surface area (Å²) < 4.78 is 0. The van der Waals surface area contributed by atoms with E-state index in [9.17, 15) is 29.4 Å². The van der Waals surface area contributed by atoms with E-state index in [4.69, 9.17) is 21.7 Å². The molecule has 0 aromatic carbocycles. The van der Waals surface area contributed by atoms with Crippen LogP contribution in [0.1, 0.15) is 12.8 Å². The minimum absolute atomic E-state index is 0. The third kappa shape index (κ3) is 16.6. The number of nitrogens with two attached hydrogens (primary N) is 2. The second-order valence-corrected chi connectivity index (χ2v) is 3.04. The van der Waals surface area contributed by atoms with Crippen LogP contribution in [0, 0.1) is 0 Å². The standard InChI is InChI=1S/2C4H7NO4.Mg/c2*5-2(4(8)9)1-3(6)7;/h2*2H,1,5H2,(H,6,7)(H,8,9);/q;;+2/p-2/t2-;;/m0../s1. The van der Waals surface area contributed by atoms with Crippen LogP contribution in [0.2, 0.25) is 0 Å². The zero-order valence-electron chi connectivity index (χ0n) is 9.77. The molecule has 0 aliphatic rings. The summed E-state index contributed by atoms with van der Waals surface area (Å²) in [6.45, 7) is 0. The first-order valence-corrected chi connectivity index (χ1v) is 4.44. The first-order valence-electron chi connectivity index (χ1n) is 4.44. The van der Waals surface area contributed by atoms with Gasteiger partial charge in [-0.1, -0.05) is 0 Å². The van der Waals surface area contributed by atoms with E-state index >= 15 is 0 Å². The first kappa shape index (κ1) is 22.7. The number of carbonyl (C=O) groups is 4. The van der Waals surface area contributed by atoms with E-state index in [0.717, 1.165) is 0 Å². The Labute approximate surface area is 123 Å². The Bertz CT molecular complexity index is 303. The van der Waals surface area contributed by atoms with Crippen LogP contribution in [0.3, 0.4) is 0 Å². The topological polar surface area (TPSA) is 207 Å². The maximum absolute atomic E-state index is 9.82. The van der Waals surface area contributed by atoms with Crippen molar-refractivity contribution in [2.24, 2.45) is 11.5 Å². The van der Waals surface area contributed by atoms with Crippen LogP contribution >= 0.6 is 0 Å². The van der Waals surface area contributed by atoms with Gasteiger partial charge in [0.25, 0.3) is 0 Å². The normalized spacial score (nSPS) is 11.9. The molecule has 2 atom stereocenters. The fraction of sp³-hybridized carbons (Fsp3) is 0.500. The van der Waals surface area contributed by atoms with Gasteiger partial charge < -0.3 is 41.5 Å². The van der Waals surface area contributed by atoms with E-state index in [1.54, 1.807) is 0 Å². The molecule has 0 aromatic rings. The fourth-order valence-corrected chi connectivity index (χ4v) is 0.534. The van der Waals surface area contributed by atoms with E-state index in [0.29, 0.717) is 0 Å². The van der Waals surface area contributed by atoms with Gasteiger partial charge >= 0.3 is 35.0 Å². The summed E-state index contributed by atoms with van der Waals surface area (Å²) in [6.07, 6.45) is -1.29. The monoisotopic (exact) mass is 288 g/mol. The number of hydrogen-bond donors (Lipinski definition) is 4. The average Bonchev–Trinajstić information content (AvgIpc) is 2.16. The Morgan fingerprint density at radius 3 is 1.11 bits per heavy atom. The van der Waals surface area contributed by atoms with E-state index in [2.05, 4.69) is 0 Å². The number of rotatable bonds is 6. The third-order valence-electron chi connectivity index (χ3n) is 1.41. The molecule has 6 N–H and O–H groups in total. The minimum Gasteiger partial charge on any atom is -0.550 e. The Kier molecular flexibility index (Phi) is 13.9. The second kappa shape index (κ2) is 11.6. The molecule has 104 valence electrons. The number of aliphatic carboxylic acids is 4.